The Bertz CT molecular complexity index is 330. The van der Waals surface area contributed by atoms with Crippen LogP contribution in [0.15, 0.2) is 4.52 Å². The average molecular weight is 194 g/mol. The Kier molecular flexibility index (Phi) is 2.25. The van der Waals surface area contributed by atoms with Crippen molar-refractivity contribution in [3.05, 3.63) is 11.3 Å². The molecule has 1 aliphatic rings. The van der Waals surface area contributed by atoms with Gasteiger partial charge in [0, 0.05) is 11.5 Å². The van der Waals surface area contributed by atoms with Crippen LogP contribution in [0.3, 0.4) is 0 Å². The van der Waals surface area contributed by atoms with E-state index in [2.05, 4.69) is 25.9 Å². The fourth-order valence-electron chi connectivity index (χ4n) is 2.20. The van der Waals surface area contributed by atoms with Gasteiger partial charge in [-0.25, -0.2) is 0 Å². The molecule has 0 bridgehead atoms. The number of rotatable bonds is 3. The smallest absolute Gasteiger partial charge is 0.225 e. The molecule has 0 saturated heterocycles. The van der Waals surface area contributed by atoms with Gasteiger partial charge in [-0.2, -0.15) is 0 Å². The summed E-state index contributed by atoms with van der Waals surface area (Å²) in [5.74, 6) is 2.33. The van der Waals surface area contributed by atoms with Crippen molar-refractivity contribution in [2.75, 3.05) is 5.73 Å². The molecule has 3 nitrogen and oxygen atoms in total. The van der Waals surface area contributed by atoms with E-state index in [4.69, 9.17) is 10.3 Å². The van der Waals surface area contributed by atoms with E-state index < -0.39 is 0 Å². The number of nitrogens with two attached hydrogens (primary N) is 1. The number of anilines is 1. The molecule has 3 heteroatoms. The lowest BCUT2D eigenvalue weighted by molar-refractivity contribution is 0.426. The molecule has 1 aromatic rings. The molecule has 0 aliphatic heterocycles. The summed E-state index contributed by atoms with van der Waals surface area (Å²) < 4.78 is 5.08. The van der Waals surface area contributed by atoms with Crippen LogP contribution in [0.25, 0.3) is 0 Å². The topological polar surface area (TPSA) is 52.0 Å². The van der Waals surface area contributed by atoms with E-state index in [-0.39, 0.29) is 0 Å². The number of aromatic nitrogens is 1. The standard InChI is InChI=1S/C11H18N2O/c1-4-7-5-8(7)10-9(6(2)3)11(12)14-13-10/h6-8H,4-5,12H2,1-3H3. The summed E-state index contributed by atoms with van der Waals surface area (Å²) in [5, 5.41) is 4.10. The summed E-state index contributed by atoms with van der Waals surface area (Å²) in [6.07, 6.45) is 2.48. The number of hydrogen-bond acceptors (Lipinski definition) is 3. The van der Waals surface area contributed by atoms with Crippen LogP contribution in [-0.2, 0) is 0 Å². The molecule has 0 amide bonds. The van der Waals surface area contributed by atoms with E-state index in [1.54, 1.807) is 0 Å². The predicted molar refractivity (Wildman–Crippen MR) is 56.1 cm³/mol. The normalized spacial score (nSPS) is 25.7. The van der Waals surface area contributed by atoms with E-state index in [0.29, 0.717) is 17.7 Å². The van der Waals surface area contributed by atoms with E-state index in [0.717, 1.165) is 17.2 Å². The maximum absolute atomic E-state index is 5.77. The van der Waals surface area contributed by atoms with Crippen LogP contribution >= 0.6 is 0 Å². The van der Waals surface area contributed by atoms with Gasteiger partial charge in [0.05, 0.1) is 5.69 Å². The van der Waals surface area contributed by atoms with Crippen LogP contribution in [0.2, 0.25) is 0 Å². The minimum Gasteiger partial charge on any atom is -0.367 e. The van der Waals surface area contributed by atoms with Gasteiger partial charge in [-0.1, -0.05) is 32.3 Å². The summed E-state index contributed by atoms with van der Waals surface area (Å²) in [6, 6.07) is 0. The zero-order chi connectivity index (χ0) is 10.3. The third-order valence-corrected chi connectivity index (χ3v) is 3.16. The van der Waals surface area contributed by atoms with Gasteiger partial charge < -0.3 is 10.3 Å². The average Bonchev–Trinajstić information content (AvgIpc) is 2.82. The van der Waals surface area contributed by atoms with Gasteiger partial charge in [-0.3, -0.25) is 0 Å². The van der Waals surface area contributed by atoms with E-state index >= 15 is 0 Å². The van der Waals surface area contributed by atoms with E-state index in [1.165, 1.54) is 12.8 Å². The van der Waals surface area contributed by atoms with Gasteiger partial charge in [-0.05, 0) is 18.3 Å². The molecule has 1 aromatic heterocycles. The van der Waals surface area contributed by atoms with Gasteiger partial charge in [-0.15, -0.1) is 0 Å². The lowest BCUT2D eigenvalue weighted by atomic mass is 10.00. The first-order valence-electron chi connectivity index (χ1n) is 5.40. The molecule has 2 unspecified atom stereocenters. The largest absolute Gasteiger partial charge is 0.367 e. The van der Waals surface area contributed by atoms with Gasteiger partial charge in [0.25, 0.3) is 0 Å². The molecule has 78 valence electrons. The van der Waals surface area contributed by atoms with Crippen molar-refractivity contribution in [2.24, 2.45) is 5.92 Å². The summed E-state index contributed by atoms with van der Waals surface area (Å²) >= 11 is 0. The highest BCUT2D eigenvalue weighted by molar-refractivity contribution is 5.44. The maximum Gasteiger partial charge on any atom is 0.225 e. The predicted octanol–water partition coefficient (Wildman–Crippen LogP) is 2.89. The summed E-state index contributed by atoms with van der Waals surface area (Å²) in [7, 11) is 0. The van der Waals surface area contributed by atoms with Crippen LogP contribution in [0, 0.1) is 5.92 Å². The second-order valence-electron chi connectivity index (χ2n) is 4.51. The Morgan fingerprint density at radius 2 is 2.29 bits per heavy atom. The fraction of sp³-hybridized carbons (Fsp3) is 0.727. The van der Waals surface area contributed by atoms with Crippen LogP contribution in [0.5, 0.6) is 0 Å². The minimum atomic E-state index is 0.411. The molecule has 2 N–H and O–H groups in total. The van der Waals surface area contributed by atoms with Crippen molar-refractivity contribution in [1.82, 2.24) is 5.16 Å². The van der Waals surface area contributed by atoms with Crippen LogP contribution < -0.4 is 5.73 Å². The molecule has 0 aromatic carbocycles. The van der Waals surface area contributed by atoms with E-state index in [9.17, 15) is 0 Å². The molecule has 1 fully saturated rings. The first kappa shape index (κ1) is 9.56. The number of hydrogen-bond donors (Lipinski definition) is 1. The van der Waals surface area contributed by atoms with Crippen LogP contribution in [0.4, 0.5) is 5.88 Å². The molecule has 1 saturated carbocycles. The van der Waals surface area contributed by atoms with Gasteiger partial charge in [0.15, 0.2) is 0 Å². The maximum atomic E-state index is 5.77. The van der Waals surface area contributed by atoms with Gasteiger partial charge >= 0.3 is 0 Å². The molecular weight excluding hydrogens is 176 g/mol. The van der Waals surface area contributed by atoms with Crippen molar-refractivity contribution >= 4 is 5.88 Å². The molecule has 0 radical (unpaired) electrons. The lowest BCUT2D eigenvalue weighted by Gasteiger charge is -2.04. The molecular formula is C11H18N2O. The van der Waals surface area contributed by atoms with Crippen LogP contribution in [0.1, 0.15) is 56.7 Å². The molecule has 2 atom stereocenters. The number of nitrogens with zero attached hydrogens (tertiary/aromatic N) is 1. The quantitative estimate of drug-likeness (QED) is 0.804. The lowest BCUT2D eigenvalue weighted by Crippen LogP contribution is -1.97. The molecule has 14 heavy (non-hydrogen) atoms. The first-order valence-corrected chi connectivity index (χ1v) is 5.40. The van der Waals surface area contributed by atoms with E-state index in [1.807, 2.05) is 0 Å². The van der Waals surface area contributed by atoms with Crippen LogP contribution in [-0.4, -0.2) is 5.16 Å². The highest BCUT2D eigenvalue weighted by Crippen LogP contribution is 2.51. The van der Waals surface area contributed by atoms with Crippen molar-refractivity contribution < 1.29 is 4.52 Å². The van der Waals surface area contributed by atoms with Crippen molar-refractivity contribution in [3.8, 4) is 0 Å². The van der Waals surface area contributed by atoms with Crippen molar-refractivity contribution in [3.63, 3.8) is 0 Å². The molecule has 2 rings (SSSR count). The Morgan fingerprint density at radius 1 is 1.57 bits per heavy atom. The SMILES string of the molecule is CCC1CC1c1noc(N)c1C(C)C. The summed E-state index contributed by atoms with van der Waals surface area (Å²) in [4.78, 5) is 0. The third kappa shape index (κ3) is 1.41. The molecule has 1 heterocycles. The highest BCUT2D eigenvalue weighted by Gasteiger charge is 2.41. The van der Waals surface area contributed by atoms with Gasteiger partial charge in [0.1, 0.15) is 0 Å². The second-order valence-corrected chi connectivity index (χ2v) is 4.51. The number of nitrogen functional groups attached to an aromatic ring is 1. The van der Waals surface area contributed by atoms with Crippen molar-refractivity contribution in [1.29, 1.82) is 0 Å². The Balaban J connectivity index is 2.26. The minimum absolute atomic E-state index is 0.411. The fourth-order valence-corrected chi connectivity index (χ4v) is 2.20. The summed E-state index contributed by atoms with van der Waals surface area (Å²) in [6.45, 7) is 6.49. The first-order chi connectivity index (χ1) is 6.65. The monoisotopic (exact) mass is 194 g/mol. The van der Waals surface area contributed by atoms with Gasteiger partial charge in [0.2, 0.25) is 5.88 Å². The highest BCUT2D eigenvalue weighted by atomic mass is 16.5. The Morgan fingerprint density at radius 3 is 2.79 bits per heavy atom. The third-order valence-electron chi connectivity index (χ3n) is 3.16. The zero-order valence-electron chi connectivity index (χ0n) is 9.08. The Labute approximate surface area is 84.7 Å². The molecule has 0 spiro atoms. The zero-order valence-corrected chi connectivity index (χ0v) is 9.08. The summed E-state index contributed by atoms with van der Waals surface area (Å²) in [5.41, 5.74) is 8.01. The Hall–Kier alpha value is -0.990. The van der Waals surface area contributed by atoms with Crippen molar-refractivity contribution in [2.45, 2.75) is 45.4 Å². The second kappa shape index (κ2) is 3.30. The molecule has 1 aliphatic carbocycles.